The van der Waals surface area contributed by atoms with Crippen molar-refractivity contribution in [1.29, 1.82) is 0 Å². The van der Waals surface area contributed by atoms with Gasteiger partial charge < -0.3 is 8.83 Å². The van der Waals surface area contributed by atoms with Crippen molar-refractivity contribution in [2.24, 2.45) is 0 Å². The average molecular weight is 350 g/mol. The Morgan fingerprint density at radius 2 is 1.69 bits per heavy atom. The van der Waals surface area contributed by atoms with Crippen LogP contribution in [0.3, 0.4) is 0 Å². The van der Waals surface area contributed by atoms with E-state index in [1.54, 1.807) is 6.07 Å². The molecule has 0 radical (unpaired) electrons. The Morgan fingerprint density at radius 3 is 2.38 bits per heavy atom. The van der Waals surface area contributed by atoms with Gasteiger partial charge in [0.05, 0.1) is 5.56 Å². The number of aromatic nitrogens is 2. The van der Waals surface area contributed by atoms with Crippen LogP contribution in [0.25, 0.3) is 34.1 Å². The zero-order chi connectivity index (χ0) is 18.4. The quantitative estimate of drug-likeness (QED) is 0.480. The second-order valence-electron chi connectivity index (χ2n) is 6.22. The van der Waals surface area contributed by atoms with E-state index >= 15 is 0 Å². The molecule has 0 aliphatic heterocycles. The minimum atomic E-state index is -0.621. The average Bonchev–Trinajstić information content (AvgIpc) is 3.25. The molecular formula is C20H15FN2O3. The lowest BCUT2D eigenvalue weighted by molar-refractivity contribution is 0.101. The van der Waals surface area contributed by atoms with Gasteiger partial charge in [-0.1, -0.05) is 12.1 Å². The number of halogens is 1. The van der Waals surface area contributed by atoms with Gasteiger partial charge in [0.15, 0.2) is 11.5 Å². The molecule has 2 aromatic carbocycles. The number of aryl methyl sites for hydroxylation is 2. The highest BCUT2D eigenvalue weighted by molar-refractivity contribution is 5.94. The van der Waals surface area contributed by atoms with Crippen LogP contribution in [0.4, 0.5) is 4.39 Å². The van der Waals surface area contributed by atoms with Crippen LogP contribution in [-0.4, -0.2) is 16.0 Å². The van der Waals surface area contributed by atoms with Crippen molar-refractivity contribution in [3.63, 3.8) is 0 Å². The Bertz CT molecular complexity index is 1120. The van der Waals surface area contributed by atoms with E-state index in [0.717, 1.165) is 22.1 Å². The molecule has 26 heavy (non-hydrogen) atoms. The standard InChI is InChI=1S/C20H15FN2O3/c1-10-4-5-11(2)18-15(10)9-17(25-18)20-23-22-19(26-20)13-6-7-14(12(3)24)16(21)8-13/h4-9H,1-3H3. The molecule has 0 aliphatic rings. The molecule has 0 fully saturated rings. The summed E-state index contributed by atoms with van der Waals surface area (Å²) in [6, 6.07) is 10.1. The van der Waals surface area contributed by atoms with Gasteiger partial charge in [0.25, 0.3) is 5.89 Å². The van der Waals surface area contributed by atoms with Crippen LogP contribution in [0.1, 0.15) is 28.4 Å². The number of nitrogens with zero attached hydrogens (tertiary/aromatic N) is 2. The predicted molar refractivity (Wildman–Crippen MR) is 94.4 cm³/mol. The summed E-state index contributed by atoms with van der Waals surface area (Å²) < 4.78 is 25.5. The summed E-state index contributed by atoms with van der Waals surface area (Å²) in [7, 11) is 0. The summed E-state index contributed by atoms with van der Waals surface area (Å²) in [6.45, 7) is 5.28. The van der Waals surface area contributed by atoms with Crippen molar-refractivity contribution in [1.82, 2.24) is 10.2 Å². The van der Waals surface area contributed by atoms with Crippen LogP contribution in [0.15, 0.2) is 45.2 Å². The van der Waals surface area contributed by atoms with Gasteiger partial charge in [0.1, 0.15) is 11.4 Å². The lowest BCUT2D eigenvalue weighted by Gasteiger charge is -2.00. The SMILES string of the molecule is CC(=O)c1ccc(-c2nnc(-c3cc4c(C)ccc(C)c4o3)o2)cc1F. The zero-order valence-electron chi connectivity index (χ0n) is 14.5. The van der Waals surface area contributed by atoms with Crippen LogP contribution in [0.2, 0.25) is 0 Å². The largest absolute Gasteiger partial charge is 0.451 e. The fraction of sp³-hybridized carbons (Fsp3) is 0.150. The molecule has 0 saturated carbocycles. The Hall–Kier alpha value is -3.28. The molecule has 2 aromatic heterocycles. The number of hydrogen-bond donors (Lipinski definition) is 0. The number of hydrogen-bond acceptors (Lipinski definition) is 5. The van der Waals surface area contributed by atoms with Gasteiger partial charge in [0, 0.05) is 10.9 Å². The minimum Gasteiger partial charge on any atom is -0.451 e. The van der Waals surface area contributed by atoms with Crippen LogP contribution in [-0.2, 0) is 0 Å². The number of carbonyl (C=O) groups is 1. The van der Waals surface area contributed by atoms with E-state index < -0.39 is 5.82 Å². The smallest absolute Gasteiger partial charge is 0.283 e. The summed E-state index contributed by atoms with van der Waals surface area (Å²) in [5.41, 5.74) is 3.30. The number of benzene rings is 2. The second kappa shape index (κ2) is 5.91. The highest BCUT2D eigenvalue weighted by Gasteiger charge is 2.18. The van der Waals surface area contributed by atoms with E-state index in [4.69, 9.17) is 8.83 Å². The molecule has 0 amide bonds. The fourth-order valence-electron chi connectivity index (χ4n) is 2.87. The molecule has 4 aromatic rings. The van der Waals surface area contributed by atoms with E-state index in [9.17, 15) is 9.18 Å². The maximum Gasteiger partial charge on any atom is 0.283 e. The molecule has 6 heteroatoms. The number of ketones is 1. The molecule has 4 rings (SSSR count). The number of carbonyl (C=O) groups excluding carboxylic acids is 1. The number of Topliss-reactive ketones (excluding diaryl/α,β-unsaturated/α-hetero) is 1. The zero-order valence-corrected chi connectivity index (χ0v) is 14.5. The predicted octanol–water partition coefficient (Wildman–Crippen LogP) is 5.11. The lowest BCUT2D eigenvalue weighted by atomic mass is 10.1. The molecule has 0 N–H and O–H groups in total. The number of fused-ring (bicyclic) bond motifs is 1. The molecular weight excluding hydrogens is 335 g/mol. The maximum atomic E-state index is 14.0. The van der Waals surface area contributed by atoms with Gasteiger partial charge in [-0.05, 0) is 56.2 Å². The summed E-state index contributed by atoms with van der Waals surface area (Å²) >= 11 is 0. The number of furan rings is 1. The van der Waals surface area contributed by atoms with Crippen molar-refractivity contribution in [2.45, 2.75) is 20.8 Å². The monoisotopic (exact) mass is 350 g/mol. The first kappa shape index (κ1) is 16.2. The van der Waals surface area contributed by atoms with Crippen molar-refractivity contribution < 1.29 is 18.0 Å². The summed E-state index contributed by atoms with van der Waals surface area (Å²) in [5, 5.41) is 8.95. The molecule has 0 spiro atoms. The van der Waals surface area contributed by atoms with Gasteiger partial charge in [-0.2, -0.15) is 0 Å². The van der Waals surface area contributed by atoms with Gasteiger partial charge in [0.2, 0.25) is 5.89 Å². The summed E-state index contributed by atoms with van der Waals surface area (Å²) in [4.78, 5) is 11.3. The second-order valence-corrected chi connectivity index (χ2v) is 6.22. The third kappa shape index (κ3) is 2.60. The van der Waals surface area contributed by atoms with Crippen LogP contribution in [0.5, 0.6) is 0 Å². The molecule has 0 aliphatic carbocycles. The Kier molecular flexibility index (Phi) is 3.68. The molecule has 0 atom stereocenters. The molecule has 130 valence electrons. The Morgan fingerprint density at radius 1 is 0.962 bits per heavy atom. The maximum absolute atomic E-state index is 14.0. The van der Waals surface area contributed by atoms with Gasteiger partial charge >= 0.3 is 0 Å². The third-order valence-electron chi connectivity index (χ3n) is 4.33. The summed E-state index contributed by atoms with van der Waals surface area (Å²) in [6.07, 6.45) is 0. The first-order valence-corrected chi connectivity index (χ1v) is 8.08. The fourth-order valence-corrected chi connectivity index (χ4v) is 2.87. The van der Waals surface area contributed by atoms with Crippen LogP contribution >= 0.6 is 0 Å². The minimum absolute atomic E-state index is 0.0247. The van der Waals surface area contributed by atoms with E-state index in [2.05, 4.69) is 10.2 Å². The highest BCUT2D eigenvalue weighted by atomic mass is 19.1. The van der Waals surface area contributed by atoms with Crippen molar-refractivity contribution >= 4 is 16.8 Å². The highest BCUT2D eigenvalue weighted by Crippen LogP contribution is 2.32. The van der Waals surface area contributed by atoms with E-state index in [-0.39, 0.29) is 23.1 Å². The van der Waals surface area contributed by atoms with E-state index in [0.29, 0.717) is 11.3 Å². The molecule has 0 saturated heterocycles. The van der Waals surface area contributed by atoms with Crippen molar-refractivity contribution in [3.8, 4) is 23.1 Å². The lowest BCUT2D eigenvalue weighted by Crippen LogP contribution is -1.96. The molecule has 0 bridgehead atoms. The molecule has 5 nitrogen and oxygen atoms in total. The number of rotatable bonds is 3. The van der Waals surface area contributed by atoms with Crippen molar-refractivity contribution in [2.75, 3.05) is 0 Å². The van der Waals surface area contributed by atoms with Gasteiger partial charge in [-0.15, -0.1) is 10.2 Å². The molecule has 0 unspecified atom stereocenters. The topological polar surface area (TPSA) is 69.1 Å². The van der Waals surface area contributed by atoms with Crippen LogP contribution < -0.4 is 0 Å². The first-order valence-electron chi connectivity index (χ1n) is 8.08. The third-order valence-corrected chi connectivity index (χ3v) is 4.33. The van der Waals surface area contributed by atoms with E-state index in [1.807, 2.05) is 32.0 Å². The Labute approximate surface area is 148 Å². The summed E-state index contributed by atoms with van der Waals surface area (Å²) in [5.74, 6) is -0.135. The molecule has 2 heterocycles. The first-order chi connectivity index (χ1) is 12.4. The van der Waals surface area contributed by atoms with Crippen LogP contribution in [0, 0.1) is 19.7 Å². The van der Waals surface area contributed by atoms with E-state index in [1.165, 1.54) is 19.1 Å². The van der Waals surface area contributed by atoms with Crippen molar-refractivity contribution in [3.05, 3.63) is 58.9 Å². The normalized spacial score (nSPS) is 11.2. The van der Waals surface area contributed by atoms with Gasteiger partial charge in [-0.3, -0.25) is 4.79 Å². The van der Waals surface area contributed by atoms with Gasteiger partial charge in [-0.25, -0.2) is 4.39 Å². The Balaban J connectivity index is 1.75.